The third kappa shape index (κ3) is 6.55. The van der Waals surface area contributed by atoms with Crippen LogP contribution in [0.15, 0.2) is 36.4 Å². The maximum absolute atomic E-state index is 12.6. The van der Waals surface area contributed by atoms with Crippen molar-refractivity contribution < 1.29 is 14.7 Å². The number of phenolic OH excluding ortho intramolecular Hbond substituents is 1. The van der Waals surface area contributed by atoms with Crippen molar-refractivity contribution in [2.24, 2.45) is 0 Å². The summed E-state index contributed by atoms with van der Waals surface area (Å²) in [6.45, 7) is 5.82. The third-order valence-electron chi connectivity index (χ3n) is 4.90. The zero-order chi connectivity index (χ0) is 20.4. The number of nitrogens with one attached hydrogen (secondary N) is 1. The minimum absolute atomic E-state index is 0.0185. The molecule has 5 heteroatoms. The molecule has 0 atom stereocenters. The lowest BCUT2D eigenvalue weighted by Crippen LogP contribution is -2.41. The minimum atomic E-state index is -0.259. The van der Waals surface area contributed by atoms with Gasteiger partial charge in [0.15, 0.2) is 0 Å². The Balaban J connectivity index is 1.94. The number of rotatable bonds is 11. The first-order valence-electron chi connectivity index (χ1n) is 10.3. The molecule has 2 rings (SSSR count). The zero-order valence-electron chi connectivity index (χ0n) is 17.0. The summed E-state index contributed by atoms with van der Waals surface area (Å²) in [5, 5.41) is 14.0. The molecule has 0 aliphatic rings. The highest BCUT2D eigenvalue weighted by molar-refractivity contribution is 6.00. The van der Waals surface area contributed by atoms with Crippen molar-refractivity contribution in [2.45, 2.75) is 52.4 Å². The van der Waals surface area contributed by atoms with Gasteiger partial charge in [-0.3, -0.25) is 9.59 Å². The van der Waals surface area contributed by atoms with E-state index in [0.717, 1.165) is 62.4 Å². The van der Waals surface area contributed by atoms with Crippen molar-refractivity contribution in [2.75, 3.05) is 19.6 Å². The molecule has 0 heterocycles. The van der Waals surface area contributed by atoms with Crippen LogP contribution in [0, 0.1) is 0 Å². The van der Waals surface area contributed by atoms with Crippen molar-refractivity contribution in [1.29, 1.82) is 0 Å². The number of phenols is 1. The Bertz CT molecular complexity index is 779. The second-order valence-corrected chi connectivity index (χ2v) is 7.22. The van der Waals surface area contributed by atoms with Crippen molar-refractivity contribution in [3.63, 3.8) is 0 Å². The van der Waals surface area contributed by atoms with Gasteiger partial charge in [0, 0.05) is 18.7 Å². The lowest BCUT2D eigenvalue weighted by molar-refractivity contribution is -0.130. The fourth-order valence-corrected chi connectivity index (χ4v) is 3.21. The number of aromatic hydroxyl groups is 1. The first-order valence-corrected chi connectivity index (χ1v) is 10.3. The second kappa shape index (κ2) is 11.3. The van der Waals surface area contributed by atoms with E-state index in [0.29, 0.717) is 5.56 Å². The van der Waals surface area contributed by atoms with E-state index in [-0.39, 0.29) is 24.1 Å². The molecular weight excluding hydrogens is 352 g/mol. The van der Waals surface area contributed by atoms with Crippen LogP contribution in [0.5, 0.6) is 5.75 Å². The zero-order valence-corrected chi connectivity index (χ0v) is 17.0. The molecule has 0 spiro atoms. The molecule has 2 aromatic carbocycles. The van der Waals surface area contributed by atoms with Crippen LogP contribution in [-0.2, 0) is 4.79 Å². The van der Waals surface area contributed by atoms with Crippen LogP contribution in [0.4, 0.5) is 0 Å². The average molecular weight is 385 g/mol. The normalized spacial score (nSPS) is 10.8. The number of amides is 2. The minimum Gasteiger partial charge on any atom is -0.508 e. The van der Waals surface area contributed by atoms with Gasteiger partial charge in [0.2, 0.25) is 5.91 Å². The predicted octanol–water partition coefficient (Wildman–Crippen LogP) is 4.48. The molecule has 2 amide bonds. The van der Waals surface area contributed by atoms with Crippen LogP contribution in [0.2, 0.25) is 0 Å². The molecule has 0 aliphatic carbocycles. The maximum atomic E-state index is 12.6. The van der Waals surface area contributed by atoms with Crippen LogP contribution >= 0.6 is 0 Å². The van der Waals surface area contributed by atoms with Crippen molar-refractivity contribution >= 4 is 22.6 Å². The van der Waals surface area contributed by atoms with Gasteiger partial charge >= 0.3 is 0 Å². The molecule has 28 heavy (non-hydrogen) atoms. The molecule has 152 valence electrons. The largest absolute Gasteiger partial charge is 0.508 e. The Morgan fingerprint density at radius 2 is 1.50 bits per heavy atom. The maximum Gasteiger partial charge on any atom is 0.251 e. The Kier molecular flexibility index (Phi) is 8.79. The number of nitrogens with zero attached hydrogens (tertiary/aromatic N) is 1. The van der Waals surface area contributed by atoms with E-state index in [4.69, 9.17) is 0 Å². The molecule has 0 bridgehead atoms. The van der Waals surface area contributed by atoms with E-state index in [1.807, 2.05) is 4.90 Å². The standard InChI is InChI=1S/C23H32N2O3/c1-3-5-7-13-25(14-8-6-4-2)22(27)17-24-23(28)20-10-9-19-16-21(26)12-11-18(19)15-20/h9-12,15-16,26H,3-8,13-14,17H2,1-2H3,(H,24,28). The smallest absolute Gasteiger partial charge is 0.251 e. The summed E-state index contributed by atoms with van der Waals surface area (Å²) in [5.74, 6) is -0.0850. The molecule has 0 saturated heterocycles. The highest BCUT2D eigenvalue weighted by Gasteiger charge is 2.15. The van der Waals surface area contributed by atoms with Gasteiger partial charge in [0.1, 0.15) is 5.75 Å². The molecule has 0 radical (unpaired) electrons. The Labute approximate surface area is 167 Å². The van der Waals surface area contributed by atoms with E-state index >= 15 is 0 Å². The molecule has 5 nitrogen and oxygen atoms in total. The molecular formula is C23H32N2O3. The summed E-state index contributed by atoms with van der Waals surface area (Å²) in [5.41, 5.74) is 0.509. The second-order valence-electron chi connectivity index (χ2n) is 7.22. The fraction of sp³-hybridized carbons (Fsp3) is 0.478. The van der Waals surface area contributed by atoms with E-state index in [1.165, 1.54) is 0 Å². The predicted molar refractivity (Wildman–Crippen MR) is 114 cm³/mol. The number of unbranched alkanes of at least 4 members (excludes halogenated alkanes) is 4. The van der Waals surface area contributed by atoms with Gasteiger partial charge in [-0.1, -0.05) is 51.7 Å². The van der Waals surface area contributed by atoms with Crippen LogP contribution in [0.3, 0.4) is 0 Å². The van der Waals surface area contributed by atoms with E-state index in [1.54, 1.807) is 36.4 Å². The molecule has 0 fully saturated rings. The summed E-state index contributed by atoms with van der Waals surface area (Å²) < 4.78 is 0. The van der Waals surface area contributed by atoms with Gasteiger partial charge in [-0.15, -0.1) is 0 Å². The van der Waals surface area contributed by atoms with Gasteiger partial charge in [-0.05, 0) is 47.9 Å². The molecule has 2 N–H and O–H groups in total. The Morgan fingerprint density at radius 1 is 0.893 bits per heavy atom. The summed E-state index contributed by atoms with van der Waals surface area (Å²) in [6.07, 6.45) is 6.45. The summed E-state index contributed by atoms with van der Waals surface area (Å²) >= 11 is 0. The quantitative estimate of drug-likeness (QED) is 0.561. The van der Waals surface area contributed by atoms with Gasteiger partial charge in [-0.25, -0.2) is 0 Å². The third-order valence-corrected chi connectivity index (χ3v) is 4.90. The highest BCUT2D eigenvalue weighted by atomic mass is 16.3. The van der Waals surface area contributed by atoms with Crippen LogP contribution in [-0.4, -0.2) is 41.5 Å². The topological polar surface area (TPSA) is 69.6 Å². The Hall–Kier alpha value is -2.56. The van der Waals surface area contributed by atoms with Gasteiger partial charge in [-0.2, -0.15) is 0 Å². The molecule has 0 aromatic heterocycles. The monoisotopic (exact) mass is 384 g/mol. The van der Waals surface area contributed by atoms with Crippen molar-refractivity contribution in [1.82, 2.24) is 10.2 Å². The lowest BCUT2D eigenvalue weighted by Gasteiger charge is -2.23. The summed E-state index contributed by atoms with van der Waals surface area (Å²) in [7, 11) is 0. The van der Waals surface area contributed by atoms with Crippen molar-refractivity contribution in [3.05, 3.63) is 42.0 Å². The first-order chi connectivity index (χ1) is 13.5. The lowest BCUT2D eigenvalue weighted by atomic mass is 10.1. The van der Waals surface area contributed by atoms with Gasteiger partial charge in [0.25, 0.3) is 5.91 Å². The molecule has 0 unspecified atom stereocenters. The number of fused-ring (bicyclic) bond motifs is 1. The van der Waals surface area contributed by atoms with Crippen LogP contribution < -0.4 is 5.32 Å². The van der Waals surface area contributed by atoms with E-state index in [2.05, 4.69) is 19.2 Å². The van der Waals surface area contributed by atoms with E-state index in [9.17, 15) is 14.7 Å². The number of hydrogen-bond donors (Lipinski definition) is 2. The van der Waals surface area contributed by atoms with Gasteiger partial charge in [0.05, 0.1) is 6.54 Å². The van der Waals surface area contributed by atoms with Gasteiger partial charge < -0.3 is 15.3 Å². The number of carbonyl (C=O) groups excluding carboxylic acids is 2. The highest BCUT2D eigenvalue weighted by Crippen LogP contribution is 2.21. The molecule has 2 aromatic rings. The number of benzene rings is 2. The molecule has 0 saturated carbocycles. The Morgan fingerprint density at radius 3 is 2.14 bits per heavy atom. The first kappa shape index (κ1) is 21.7. The number of hydrogen-bond acceptors (Lipinski definition) is 3. The molecule has 0 aliphatic heterocycles. The van der Waals surface area contributed by atoms with Crippen LogP contribution in [0.25, 0.3) is 10.8 Å². The SMILES string of the molecule is CCCCCN(CCCCC)C(=O)CNC(=O)c1ccc2cc(O)ccc2c1. The van der Waals surface area contributed by atoms with E-state index < -0.39 is 0 Å². The number of carbonyl (C=O) groups is 2. The fourth-order valence-electron chi connectivity index (χ4n) is 3.21. The van der Waals surface area contributed by atoms with Crippen molar-refractivity contribution in [3.8, 4) is 5.75 Å². The van der Waals surface area contributed by atoms with Crippen LogP contribution in [0.1, 0.15) is 62.7 Å². The summed E-state index contributed by atoms with van der Waals surface area (Å²) in [6, 6.07) is 10.3. The average Bonchev–Trinajstić information content (AvgIpc) is 2.70. The summed E-state index contributed by atoms with van der Waals surface area (Å²) in [4.78, 5) is 27.0.